The first kappa shape index (κ1) is 15.2. The molecule has 2 rings (SSSR count). The summed E-state index contributed by atoms with van der Waals surface area (Å²) in [6.45, 7) is 6.94. The number of rotatable bonds is 6. The molecular weight excluding hydrogens is 266 g/mol. The lowest BCUT2D eigenvalue weighted by Gasteiger charge is -2.08. The summed E-state index contributed by atoms with van der Waals surface area (Å²) in [4.78, 5) is 12.3. The van der Waals surface area contributed by atoms with Crippen LogP contribution in [0, 0.1) is 13.8 Å². The molecule has 0 aliphatic carbocycles. The first-order chi connectivity index (χ1) is 10.1. The summed E-state index contributed by atoms with van der Waals surface area (Å²) in [5, 5.41) is 0. The van der Waals surface area contributed by atoms with Crippen LogP contribution >= 0.6 is 0 Å². The third-order valence-corrected chi connectivity index (χ3v) is 3.60. The molecule has 2 aromatic rings. The number of nitrogens with zero attached hydrogens (tertiary/aromatic N) is 1. The van der Waals surface area contributed by atoms with Gasteiger partial charge < -0.3 is 14.0 Å². The van der Waals surface area contributed by atoms with E-state index in [0.29, 0.717) is 11.5 Å². The van der Waals surface area contributed by atoms with E-state index in [1.165, 1.54) is 0 Å². The highest BCUT2D eigenvalue weighted by Gasteiger charge is 2.15. The second kappa shape index (κ2) is 6.48. The number of carbonyl (C=O) groups excluding carboxylic acids is 1. The van der Waals surface area contributed by atoms with Gasteiger partial charge in [-0.3, -0.25) is 4.79 Å². The van der Waals surface area contributed by atoms with Gasteiger partial charge in [0.1, 0.15) is 11.5 Å². The van der Waals surface area contributed by atoms with E-state index in [1.54, 1.807) is 13.2 Å². The molecule has 0 atom stereocenters. The molecule has 0 saturated heterocycles. The van der Waals surface area contributed by atoms with Crippen LogP contribution in [0.3, 0.4) is 0 Å². The minimum Gasteiger partial charge on any atom is -0.497 e. The van der Waals surface area contributed by atoms with Crippen LogP contribution in [0.1, 0.15) is 28.7 Å². The Bertz CT molecular complexity index is 643. The van der Waals surface area contributed by atoms with Gasteiger partial charge in [0.15, 0.2) is 6.61 Å². The highest BCUT2D eigenvalue weighted by atomic mass is 16.5. The van der Waals surface area contributed by atoms with E-state index in [-0.39, 0.29) is 12.4 Å². The minimum atomic E-state index is -0.00869. The zero-order chi connectivity index (χ0) is 15.4. The molecule has 21 heavy (non-hydrogen) atoms. The maximum atomic E-state index is 12.3. The summed E-state index contributed by atoms with van der Waals surface area (Å²) < 4.78 is 12.8. The summed E-state index contributed by atoms with van der Waals surface area (Å²) in [5.74, 6) is 1.33. The quantitative estimate of drug-likeness (QED) is 0.765. The Morgan fingerprint density at radius 1 is 1.19 bits per heavy atom. The van der Waals surface area contributed by atoms with Crippen molar-refractivity contribution in [2.45, 2.75) is 27.3 Å². The van der Waals surface area contributed by atoms with Crippen molar-refractivity contribution in [3.05, 3.63) is 47.3 Å². The Kier molecular flexibility index (Phi) is 4.68. The number of aryl methyl sites for hydroxylation is 1. The van der Waals surface area contributed by atoms with Gasteiger partial charge in [-0.05, 0) is 39.0 Å². The van der Waals surface area contributed by atoms with Crippen LogP contribution in [-0.4, -0.2) is 24.1 Å². The Balaban J connectivity index is 2.08. The Hall–Kier alpha value is -2.23. The van der Waals surface area contributed by atoms with Crippen LogP contribution in [0.25, 0.3) is 0 Å². The molecule has 0 fully saturated rings. The number of ketones is 1. The summed E-state index contributed by atoms with van der Waals surface area (Å²) in [6, 6.07) is 9.18. The molecule has 112 valence electrons. The van der Waals surface area contributed by atoms with E-state index in [1.807, 2.05) is 38.1 Å². The topological polar surface area (TPSA) is 40.5 Å². The van der Waals surface area contributed by atoms with E-state index >= 15 is 0 Å². The van der Waals surface area contributed by atoms with Crippen molar-refractivity contribution in [1.82, 2.24) is 4.57 Å². The normalized spacial score (nSPS) is 10.5. The number of hydrogen-bond donors (Lipinski definition) is 0. The molecule has 0 unspecified atom stereocenters. The van der Waals surface area contributed by atoms with Gasteiger partial charge in [0, 0.05) is 29.6 Å². The molecule has 0 saturated carbocycles. The Morgan fingerprint density at radius 3 is 2.52 bits per heavy atom. The number of hydrogen-bond acceptors (Lipinski definition) is 3. The first-order valence-corrected chi connectivity index (χ1v) is 7.03. The van der Waals surface area contributed by atoms with Crippen molar-refractivity contribution in [1.29, 1.82) is 0 Å². The van der Waals surface area contributed by atoms with Crippen molar-refractivity contribution < 1.29 is 14.3 Å². The molecule has 4 nitrogen and oxygen atoms in total. The van der Waals surface area contributed by atoms with Gasteiger partial charge in [0.25, 0.3) is 0 Å². The Labute approximate surface area is 125 Å². The summed E-state index contributed by atoms with van der Waals surface area (Å²) in [6.07, 6.45) is 0. The van der Waals surface area contributed by atoms with Crippen LogP contribution in [0.4, 0.5) is 0 Å². The molecule has 0 aliphatic heterocycles. The van der Waals surface area contributed by atoms with Crippen LogP contribution in [-0.2, 0) is 6.54 Å². The van der Waals surface area contributed by atoms with Crippen LogP contribution in [0.5, 0.6) is 11.5 Å². The molecule has 0 aliphatic rings. The lowest BCUT2D eigenvalue weighted by Crippen LogP contribution is -2.12. The van der Waals surface area contributed by atoms with Crippen molar-refractivity contribution >= 4 is 5.78 Å². The maximum absolute atomic E-state index is 12.3. The molecule has 0 bridgehead atoms. The molecule has 1 aromatic carbocycles. The molecule has 4 heteroatoms. The van der Waals surface area contributed by atoms with Gasteiger partial charge in [-0.1, -0.05) is 6.07 Å². The zero-order valence-corrected chi connectivity index (χ0v) is 13.0. The highest BCUT2D eigenvalue weighted by molar-refractivity contribution is 5.98. The number of carbonyl (C=O) groups is 1. The average Bonchev–Trinajstić information content (AvgIpc) is 2.79. The van der Waals surface area contributed by atoms with Gasteiger partial charge in [-0.25, -0.2) is 0 Å². The van der Waals surface area contributed by atoms with E-state index in [4.69, 9.17) is 9.47 Å². The van der Waals surface area contributed by atoms with Crippen LogP contribution in [0.15, 0.2) is 30.3 Å². The van der Waals surface area contributed by atoms with E-state index in [0.717, 1.165) is 23.5 Å². The number of ether oxygens (including phenoxy) is 2. The van der Waals surface area contributed by atoms with E-state index in [9.17, 15) is 4.79 Å². The zero-order valence-electron chi connectivity index (χ0n) is 13.0. The highest BCUT2D eigenvalue weighted by Crippen LogP contribution is 2.20. The van der Waals surface area contributed by atoms with E-state index in [2.05, 4.69) is 11.5 Å². The lowest BCUT2D eigenvalue weighted by molar-refractivity contribution is 0.0920. The second-order valence-electron chi connectivity index (χ2n) is 4.92. The fourth-order valence-corrected chi connectivity index (χ4v) is 2.49. The van der Waals surface area contributed by atoms with E-state index < -0.39 is 0 Å². The smallest absolute Gasteiger partial charge is 0.202 e. The lowest BCUT2D eigenvalue weighted by atomic mass is 10.1. The molecule has 0 amide bonds. The van der Waals surface area contributed by atoms with Crippen LogP contribution < -0.4 is 9.47 Å². The number of benzene rings is 1. The fraction of sp³-hybridized carbons (Fsp3) is 0.353. The predicted octanol–water partition coefficient (Wildman–Crippen LogP) is 3.40. The van der Waals surface area contributed by atoms with Crippen molar-refractivity contribution in [2.24, 2.45) is 0 Å². The fourth-order valence-electron chi connectivity index (χ4n) is 2.49. The monoisotopic (exact) mass is 287 g/mol. The standard InChI is InChI=1S/C17H21NO3/c1-5-18-12(2)9-16(13(18)3)17(19)11-21-15-8-6-7-14(10-15)20-4/h6-10H,5,11H2,1-4H3. The van der Waals surface area contributed by atoms with Crippen molar-refractivity contribution in [3.8, 4) is 11.5 Å². The second-order valence-corrected chi connectivity index (χ2v) is 4.92. The predicted molar refractivity (Wildman–Crippen MR) is 82.4 cm³/mol. The molecular formula is C17H21NO3. The first-order valence-electron chi connectivity index (χ1n) is 7.03. The minimum absolute atomic E-state index is 0.00869. The van der Waals surface area contributed by atoms with Gasteiger partial charge in [0.2, 0.25) is 5.78 Å². The average molecular weight is 287 g/mol. The number of aromatic nitrogens is 1. The third kappa shape index (κ3) is 3.27. The molecule has 0 spiro atoms. The SMILES string of the molecule is CCn1c(C)cc(C(=O)COc2cccc(OC)c2)c1C. The Morgan fingerprint density at radius 2 is 1.90 bits per heavy atom. The summed E-state index contributed by atoms with van der Waals surface area (Å²) >= 11 is 0. The number of Topliss-reactive ketones (excluding diaryl/α,β-unsaturated/α-hetero) is 1. The van der Waals surface area contributed by atoms with Gasteiger partial charge >= 0.3 is 0 Å². The van der Waals surface area contributed by atoms with Gasteiger partial charge in [0.05, 0.1) is 7.11 Å². The molecule has 1 aromatic heterocycles. The van der Waals surface area contributed by atoms with Crippen molar-refractivity contribution in [3.63, 3.8) is 0 Å². The third-order valence-electron chi connectivity index (χ3n) is 3.60. The molecule has 0 N–H and O–H groups in total. The van der Waals surface area contributed by atoms with Crippen molar-refractivity contribution in [2.75, 3.05) is 13.7 Å². The molecule has 1 heterocycles. The molecule has 0 radical (unpaired) electrons. The largest absolute Gasteiger partial charge is 0.497 e. The number of methoxy groups -OCH3 is 1. The van der Waals surface area contributed by atoms with Crippen LogP contribution in [0.2, 0.25) is 0 Å². The van der Waals surface area contributed by atoms with Gasteiger partial charge in [-0.2, -0.15) is 0 Å². The maximum Gasteiger partial charge on any atom is 0.202 e. The summed E-state index contributed by atoms with van der Waals surface area (Å²) in [5.41, 5.74) is 2.83. The van der Waals surface area contributed by atoms with Gasteiger partial charge in [-0.15, -0.1) is 0 Å². The summed E-state index contributed by atoms with van der Waals surface area (Å²) in [7, 11) is 1.60.